The molecule has 0 saturated heterocycles. The van der Waals surface area contributed by atoms with E-state index in [1.54, 1.807) is 26.6 Å². The molecule has 0 atom stereocenters. The zero-order chi connectivity index (χ0) is 20.5. The molecule has 150 valence electrons. The van der Waals surface area contributed by atoms with Gasteiger partial charge in [0.15, 0.2) is 11.5 Å². The summed E-state index contributed by atoms with van der Waals surface area (Å²) < 4.78 is 10.5. The van der Waals surface area contributed by atoms with E-state index in [4.69, 9.17) is 9.47 Å². The molecule has 1 aromatic carbocycles. The van der Waals surface area contributed by atoms with Crippen molar-refractivity contribution in [3.8, 4) is 11.5 Å². The van der Waals surface area contributed by atoms with Crippen LogP contribution in [0, 0.1) is 0 Å². The predicted molar refractivity (Wildman–Crippen MR) is 112 cm³/mol. The summed E-state index contributed by atoms with van der Waals surface area (Å²) in [6, 6.07) is 15.1. The fraction of sp³-hybridized carbons (Fsp3) is 0.227. The molecule has 0 aliphatic heterocycles. The molecule has 0 saturated carbocycles. The number of anilines is 2. The normalized spacial score (nSPS) is 10.3. The van der Waals surface area contributed by atoms with Gasteiger partial charge in [-0.05, 0) is 48.4 Å². The molecule has 7 nitrogen and oxygen atoms in total. The van der Waals surface area contributed by atoms with Crippen LogP contribution >= 0.6 is 0 Å². The Morgan fingerprint density at radius 3 is 2.55 bits per heavy atom. The first-order chi connectivity index (χ1) is 14.2. The molecule has 3 aromatic rings. The molecule has 0 aliphatic rings. The number of hydrogen-bond acceptors (Lipinski definition) is 6. The van der Waals surface area contributed by atoms with E-state index in [1.165, 1.54) is 0 Å². The van der Waals surface area contributed by atoms with E-state index in [1.807, 2.05) is 48.5 Å². The summed E-state index contributed by atoms with van der Waals surface area (Å²) in [7, 11) is 3.19. The number of rotatable bonds is 9. The van der Waals surface area contributed by atoms with Crippen LogP contribution in [0.1, 0.15) is 17.7 Å². The van der Waals surface area contributed by atoms with Crippen LogP contribution in [-0.2, 0) is 17.8 Å². The van der Waals surface area contributed by atoms with Crippen LogP contribution in [0.2, 0.25) is 0 Å². The van der Waals surface area contributed by atoms with Gasteiger partial charge in [0.05, 0.1) is 38.3 Å². The highest BCUT2D eigenvalue weighted by molar-refractivity contribution is 5.90. The molecule has 0 spiro atoms. The summed E-state index contributed by atoms with van der Waals surface area (Å²) in [5, 5.41) is 6.07. The number of nitrogens with zero attached hydrogens (tertiary/aromatic N) is 2. The van der Waals surface area contributed by atoms with Crippen molar-refractivity contribution in [3.05, 3.63) is 72.2 Å². The SMILES string of the molecule is COc1ccc(CCC(=O)Nc2ccc(NCc3ccccn3)nc2)cc1OC. The molecule has 2 heterocycles. The van der Waals surface area contributed by atoms with E-state index in [-0.39, 0.29) is 5.91 Å². The zero-order valence-electron chi connectivity index (χ0n) is 16.5. The minimum Gasteiger partial charge on any atom is -0.493 e. The second-order valence-corrected chi connectivity index (χ2v) is 6.34. The summed E-state index contributed by atoms with van der Waals surface area (Å²) in [6.45, 7) is 0.588. The third kappa shape index (κ3) is 5.93. The second-order valence-electron chi connectivity index (χ2n) is 6.34. The van der Waals surface area contributed by atoms with Crippen LogP contribution in [-0.4, -0.2) is 30.1 Å². The molecule has 3 rings (SSSR count). The van der Waals surface area contributed by atoms with Crippen molar-refractivity contribution < 1.29 is 14.3 Å². The van der Waals surface area contributed by atoms with E-state index < -0.39 is 0 Å². The third-order valence-electron chi connectivity index (χ3n) is 4.31. The minimum absolute atomic E-state index is 0.0734. The molecule has 0 bridgehead atoms. The van der Waals surface area contributed by atoms with Gasteiger partial charge in [-0.25, -0.2) is 4.98 Å². The Hall–Kier alpha value is -3.61. The molecule has 0 unspecified atom stereocenters. The molecule has 0 aliphatic carbocycles. The lowest BCUT2D eigenvalue weighted by Gasteiger charge is -2.10. The average molecular weight is 392 g/mol. The van der Waals surface area contributed by atoms with Crippen molar-refractivity contribution >= 4 is 17.4 Å². The highest BCUT2D eigenvalue weighted by Crippen LogP contribution is 2.28. The Morgan fingerprint density at radius 1 is 1.00 bits per heavy atom. The standard InChI is InChI=1S/C22H24N4O3/c1-28-19-9-6-16(13-20(19)29-2)7-11-22(27)26-18-8-10-21(25-15-18)24-14-17-5-3-4-12-23-17/h3-6,8-10,12-13,15H,7,11,14H2,1-2H3,(H,24,25)(H,26,27). The first-order valence-electron chi connectivity index (χ1n) is 9.28. The number of carbonyl (C=O) groups excluding carboxylic acids is 1. The number of nitrogens with one attached hydrogen (secondary N) is 2. The van der Waals surface area contributed by atoms with Crippen molar-refractivity contribution in [2.24, 2.45) is 0 Å². The fourth-order valence-corrected chi connectivity index (χ4v) is 2.77. The lowest BCUT2D eigenvalue weighted by Crippen LogP contribution is -2.12. The molecule has 2 aromatic heterocycles. The van der Waals surface area contributed by atoms with Gasteiger partial charge in [0.2, 0.25) is 5.91 Å². The van der Waals surface area contributed by atoms with Gasteiger partial charge >= 0.3 is 0 Å². The lowest BCUT2D eigenvalue weighted by molar-refractivity contribution is -0.116. The van der Waals surface area contributed by atoms with Crippen molar-refractivity contribution in [1.29, 1.82) is 0 Å². The summed E-state index contributed by atoms with van der Waals surface area (Å²) in [4.78, 5) is 20.8. The van der Waals surface area contributed by atoms with Crippen LogP contribution in [0.4, 0.5) is 11.5 Å². The number of hydrogen-bond donors (Lipinski definition) is 2. The number of amides is 1. The maximum absolute atomic E-state index is 12.2. The van der Waals surface area contributed by atoms with Crippen molar-refractivity contribution in [2.75, 3.05) is 24.9 Å². The molecule has 7 heteroatoms. The molecule has 1 amide bonds. The van der Waals surface area contributed by atoms with E-state index in [0.29, 0.717) is 36.6 Å². The van der Waals surface area contributed by atoms with Crippen LogP contribution in [0.15, 0.2) is 60.9 Å². The number of benzene rings is 1. The predicted octanol–water partition coefficient (Wildman–Crippen LogP) is 3.68. The van der Waals surface area contributed by atoms with Gasteiger partial charge in [-0.1, -0.05) is 12.1 Å². The maximum Gasteiger partial charge on any atom is 0.224 e. The Kier molecular flexibility index (Phi) is 7.00. The van der Waals surface area contributed by atoms with Gasteiger partial charge in [0.1, 0.15) is 5.82 Å². The Morgan fingerprint density at radius 2 is 1.86 bits per heavy atom. The average Bonchev–Trinajstić information content (AvgIpc) is 2.77. The Labute approximate surface area is 170 Å². The van der Waals surface area contributed by atoms with Crippen molar-refractivity contribution in [1.82, 2.24) is 9.97 Å². The molecule has 29 heavy (non-hydrogen) atoms. The molecule has 2 N–H and O–H groups in total. The molecule has 0 fully saturated rings. The van der Waals surface area contributed by atoms with Crippen LogP contribution in [0.25, 0.3) is 0 Å². The third-order valence-corrected chi connectivity index (χ3v) is 4.31. The Balaban J connectivity index is 1.48. The monoisotopic (exact) mass is 392 g/mol. The van der Waals surface area contributed by atoms with Crippen LogP contribution in [0.3, 0.4) is 0 Å². The molecule has 0 radical (unpaired) electrons. The number of pyridine rings is 2. The van der Waals surface area contributed by atoms with Crippen LogP contribution < -0.4 is 20.1 Å². The lowest BCUT2D eigenvalue weighted by atomic mass is 10.1. The van der Waals surface area contributed by atoms with E-state index in [0.717, 1.165) is 17.1 Å². The highest BCUT2D eigenvalue weighted by Gasteiger charge is 2.08. The van der Waals surface area contributed by atoms with Gasteiger partial charge in [-0.15, -0.1) is 0 Å². The quantitative estimate of drug-likeness (QED) is 0.578. The second kappa shape index (κ2) is 10.1. The van der Waals surface area contributed by atoms with Crippen molar-refractivity contribution in [2.45, 2.75) is 19.4 Å². The number of aryl methyl sites for hydroxylation is 1. The number of aromatic nitrogens is 2. The van der Waals surface area contributed by atoms with Gasteiger partial charge in [0.25, 0.3) is 0 Å². The number of carbonyl (C=O) groups is 1. The minimum atomic E-state index is -0.0734. The summed E-state index contributed by atoms with van der Waals surface area (Å²) in [5.74, 6) is 1.97. The van der Waals surface area contributed by atoms with Crippen LogP contribution in [0.5, 0.6) is 11.5 Å². The number of ether oxygens (including phenoxy) is 2. The number of methoxy groups -OCH3 is 2. The fourth-order valence-electron chi connectivity index (χ4n) is 2.77. The summed E-state index contributed by atoms with van der Waals surface area (Å²) >= 11 is 0. The van der Waals surface area contributed by atoms with Gasteiger partial charge in [0, 0.05) is 12.6 Å². The van der Waals surface area contributed by atoms with Gasteiger partial charge in [-0.3, -0.25) is 9.78 Å². The van der Waals surface area contributed by atoms with Gasteiger partial charge < -0.3 is 20.1 Å². The zero-order valence-corrected chi connectivity index (χ0v) is 16.5. The maximum atomic E-state index is 12.2. The topological polar surface area (TPSA) is 85.4 Å². The molecular weight excluding hydrogens is 368 g/mol. The van der Waals surface area contributed by atoms with Gasteiger partial charge in [-0.2, -0.15) is 0 Å². The Bertz CT molecular complexity index is 931. The van der Waals surface area contributed by atoms with E-state index in [2.05, 4.69) is 20.6 Å². The molecular formula is C22H24N4O3. The summed E-state index contributed by atoms with van der Waals surface area (Å²) in [6.07, 6.45) is 4.35. The highest BCUT2D eigenvalue weighted by atomic mass is 16.5. The van der Waals surface area contributed by atoms with E-state index >= 15 is 0 Å². The smallest absolute Gasteiger partial charge is 0.224 e. The van der Waals surface area contributed by atoms with E-state index in [9.17, 15) is 4.79 Å². The first-order valence-corrected chi connectivity index (χ1v) is 9.28. The van der Waals surface area contributed by atoms with Crippen molar-refractivity contribution in [3.63, 3.8) is 0 Å². The first kappa shape index (κ1) is 20.1. The summed E-state index contributed by atoms with van der Waals surface area (Å²) in [5.41, 5.74) is 2.59. The largest absolute Gasteiger partial charge is 0.493 e.